The molecule has 1 aliphatic carbocycles. The van der Waals surface area contributed by atoms with Crippen LogP contribution in [0.25, 0.3) is 11.0 Å². The maximum Gasteiger partial charge on any atom is 0.407 e. The SMILES string of the molecule is CN(C)C(=O)c1cc2cnc(Nc3ccc(C(=O)N4CC5CC(C4)N(C(=O)O)C5)cn3)nc2n1C1CCCC1. The maximum absolute atomic E-state index is 13.1. The van der Waals surface area contributed by atoms with Crippen molar-refractivity contribution in [2.45, 2.75) is 44.2 Å². The van der Waals surface area contributed by atoms with Gasteiger partial charge in [0, 0.05) is 57.6 Å². The largest absolute Gasteiger partial charge is 0.465 e. The molecule has 0 radical (unpaired) electrons. The highest BCUT2D eigenvalue weighted by Gasteiger charge is 2.42. The number of piperidine rings is 1. The molecule has 2 N–H and O–H groups in total. The van der Waals surface area contributed by atoms with E-state index >= 15 is 0 Å². The number of carboxylic acid groups (broad SMARTS) is 1. The van der Waals surface area contributed by atoms with Crippen LogP contribution in [0.15, 0.2) is 30.6 Å². The van der Waals surface area contributed by atoms with Crippen LogP contribution in [0.4, 0.5) is 16.6 Å². The van der Waals surface area contributed by atoms with E-state index in [1.54, 1.807) is 42.2 Å². The van der Waals surface area contributed by atoms with E-state index in [0.717, 1.165) is 37.5 Å². The maximum atomic E-state index is 13.1. The van der Waals surface area contributed by atoms with Gasteiger partial charge in [-0.25, -0.2) is 14.8 Å². The number of hydrogen-bond donors (Lipinski definition) is 2. The number of carbonyl (C=O) groups is 3. The third kappa shape index (κ3) is 4.64. The first kappa shape index (κ1) is 25.1. The van der Waals surface area contributed by atoms with Crippen molar-refractivity contribution < 1.29 is 19.5 Å². The predicted octanol–water partition coefficient (Wildman–Crippen LogP) is 3.21. The molecule has 2 atom stereocenters. The van der Waals surface area contributed by atoms with Gasteiger partial charge in [0.15, 0.2) is 0 Å². The first-order valence-electron chi connectivity index (χ1n) is 13.4. The molecule has 2 saturated heterocycles. The molecule has 12 heteroatoms. The lowest BCUT2D eigenvalue weighted by molar-refractivity contribution is 0.0664. The topological polar surface area (TPSA) is 137 Å². The molecule has 3 aliphatic rings. The number of rotatable bonds is 5. The molecule has 3 amide bonds. The molecule has 3 aromatic heterocycles. The number of pyridine rings is 1. The molecule has 5 heterocycles. The minimum Gasteiger partial charge on any atom is -0.465 e. The van der Waals surface area contributed by atoms with Gasteiger partial charge >= 0.3 is 6.09 Å². The number of nitrogens with one attached hydrogen (secondary N) is 1. The minimum atomic E-state index is -0.926. The molecule has 1 saturated carbocycles. The van der Waals surface area contributed by atoms with E-state index in [4.69, 9.17) is 4.98 Å². The van der Waals surface area contributed by atoms with Crippen LogP contribution >= 0.6 is 0 Å². The molecule has 2 bridgehead atoms. The van der Waals surface area contributed by atoms with E-state index in [1.807, 2.05) is 6.07 Å². The summed E-state index contributed by atoms with van der Waals surface area (Å²) in [6.07, 6.45) is 7.38. The van der Waals surface area contributed by atoms with E-state index < -0.39 is 6.09 Å². The van der Waals surface area contributed by atoms with E-state index in [-0.39, 0.29) is 29.8 Å². The standard InChI is InChI=1S/C27H32N8O4/c1-32(2)25(37)21-10-18-12-29-26(31-23(18)35(21)19-5-3-4-6-19)30-22-8-7-17(11-28-22)24(36)33-13-16-9-20(15-33)34(14-16)27(38)39/h7-8,10-12,16,19-20H,3-6,9,13-15H2,1-2H3,(H,38,39)(H,28,29,30,31). The van der Waals surface area contributed by atoms with Crippen molar-refractivity contribution >= 4 is 40.7 Å². The van der Waals surface area contributed by atoms with Crippen molar-refractivity contribution in [1.82, 2.24) is 34.2 Å². The first-order chi connectivity index (χ1) is 18.8. The Morgan fingerprint density at radius 2 is 1.82 bits per heavy atom. The van der Waals surface area contributed by atoms with Gasteiger partial charge in [0.1, 0.15) is 17.2 Å². The zero-order valence-electron chi connectivity index (χ0n) is 22.1. The van der Waals surface area contributed by atoms with E-state index in [0.29, 0.717) is 48.3 Å². The third-order valence-corrected chi connectivity index (χ3v) is 8.09. The van der Waals surface area contributed by atoms with Gasteiger partial charge in [0.25, 0.3) is 11.8 Å². The molecule has 6 rings (SSSR count). The summed E-state index contributed by atoms with van der Waals surface area (Å²) in [7, 11) is 3.50. The Labute approximate surface area is 225 Å². The summed E-state index contributed by atoms with van der Waals surface area (Å²) in [6, 6.07) is 5.35. The molecular formula is C27H32N8O4. The molecule has 2 unspecified atom stereocenters. The number of fused-ring (bicyclic) bond motifs is 3. The quantitative estimate of drug-likeness (QED) is 0.511. The van der Waals surface area contributed by atoms with Gasteiger partial charge in [-0.2, -0.15) is 4.98 Å². The van der Waals surface area contributed by atoms with Crippen LogP contribution in [-0.2, 0) is 0 Å². The second kappa shape index (κ2) is 9.83. The molecule has 3 fully saturated rings. The van der Waals surface area contributed by atoms with Gasteiger partial charge in [0.05, 0.1) is 11.6 Å². The van der Waals surface area contributed by atoms with Crippen molar-refractivity contribution in [1.29, 1.82) is 0 Å². The molecule has 0 aromatic carbocycles. The fourth-order valence-electron chi connectivity index (χ4n) is 6.25. The number of nitrogens with zero attached hydrogens (tertiary/aromatic N) is 7. The van der Waals surface area contributed by atoms with Crippen LogP contribution in [0.3, 0.4) is 0 Å². The Kier molecular flexibility index (Phi) is 6.32. The normalized spacial score (nSPS) is 21.0. The van der Waals surface area contributed by atoms with Crippen LogP contribution < -0.4 is 5.32 Å². The summed E-state index contributed by atoms with van der Waals surface area (Å²) >= 11 is 0. The molecule has 12 nitrogen and oxygen atoms in total. The van der Waals surface area contributed by atoms with Crippen LogP contribution in [-0.4, -0.2) is 97.0 Å². The summed E-state index contributed by atoms with van der Waals surface area (Å²) in [5, 5.41) is 13.3. The number of carbonyl (C=O) groups excluding carboxylic acids is 2. The van der Waals surface area contributed by atoms with Crippen molar-refractivity contribution in [3.8, 4) is 0 Å². The lowest BCUT2D eigenvalue weighted by Crippen LogP contribution is -2.46. The predicted molar refractivity (Wildman–Crippen MR) is 143 cm³/mol. The van der Waals surface area contributed by atoms with Crippen LogP contribution in [0.5, 0.6) is 0 Å². The van der Waals surface area contributed by atoms with Crippen molar-refractivity contribution in [2.24, 2.45) is 5.92 Å². The van der Waals surface area contributed by atoms with Crippen molar-refractivity contribution in [2.75, 3.05) is 39.0 Å². The van der Waals surface area contributed by atoms with Crippen LogP contribution in [0.1, 0.15) is 59.0 Å². The highest BCUT2D eigenvalue weighted by atomic mass is 16.4. The van der Waals surface area contributed by atoms with Crippen molar-refractivity contribution in [3.63, 3.8) is 0 Å². The third-order valence-electron chi connectivity index (χ3n) is 8.09. The second-order valence-corrected chi connectivity index (χ2v) is 11.0. The highest BCUT2D eigenvalue weighted by Crippen LogP contribution is 2.35. The highest BCUT2D eigenvalue weighted by molar-refractivity contribution is 5.98. The summed E-state index contributed by atoms with van der Waals surface area (Å²) < 4.78 is 2.06. The lowest BCUT2D eigenvalue weighted by atomic mass is 9.99. The lowest BCUT2D eigenvalue weighted by Gasteiger charge is -2.32. The van der Waals surface area contributed by atoms with Gasteiger partial charge in [-0.05, 0) is 43.4 Å². The first-order valence-corrected chi connectivity index (χ1v) is 13.4. The van der Waals surface area contributed by atoms with E-state index in [2.05, 4.69) is 19.9 Å². The minimum absolute atomic E-state index is 0.0614. The van der Waals surface area contributed by atoms with Gasteiger partial charge in [-0.3, -0.25) is 9.59 Å². The van der Waals surface area contributed by atoms with Gasteiger partial charge < -0.3 is 29.7 Å². The average Bonchev–Trinajstić information content (AvgIpc) is 3.65. The Hall–Kier alpha value is -4.22. The molecule has 39 heavy (non-hydrogen) atoms. The zero-order chi connectivity index (χ0) is 27.3. The Bertz CT molecular complexity index is 1430. The fourth-order valence-corrected chi connectivity index (χ4v) is 6.25. The average molecular weight is 533 g/mol. The number of aromatic nitrogens is 4. The molecule has 2 aliphatic heterocycles. The molecule has 204 valence electrons. The van der Waals surface area contributed by atoms with Crippen LogP contribution in [0.2, 0.25) is 0 Å². The Morgan fingerprint density at radius 1 is 1.03 bits per heavy atom. The molecular weight excluding hydrogens is 500 g/mol. The second-order valence-electron chi connectivity index (χ2n) is 11.0. The summed E-state index contributed by atoms with van der Waals surface area (Å²) in [5.74, 6) is 0.804. The molecule has 0 spiro atoms. The number of likely N-dealkylation sites (tertiary alicyclic amines) is 2. The number of amides is 3. The van der Waals surface area contributed by atoms with E-state index in [1.165, 1.54) is 11.1 Å². The fraction of sp³-hybridized carbons (Fsp3) is 0.481. The van der Waals surface area contributed by atoms with Crippen LogP contribution in [0, 0.1) is 5.92 Å². The van der Waals surface area contributed by atoms with E-state index in [9.17, 15) is 19.5 Å². The monoisotopic (exact) mass is 532 g/mol. The Morgan fingerprint density at radius 3 is 2.51 bits per heavy atom. The molecule has 3 aromatic rings. The summed E-state index contributed by atoms with van der Waals surface area (Å²) in [5.41, 5.74) is 1.78. The Balaban J connectivity index is 1.20. The summed E-state index contributed by atoms with van der Waals surface area (Å²) in [4.78, 5) is 55.9. The van der Waals surface area contributed by atoms with Crippen molar-refractivity contribution in [3.05, 3.63) is 41.9 Å². The number of anilines is 2. The van der Waals surface area contributed by atoms with Gasteiger partial charge in [0.2, 0.25) is 5.95 Å². The van der Waals surface area contributed by atoms with Gasteiger partial charge in [-0.1, -0.05) is 12.8 Å². The summed E-state index contributed by atoms with van der Waals surface area (Å²) in [6.45, 7) is 1.42. The number of hydrogen-bond acceptors (Lipinski definition) is 7. The van der Waals surface area contributed by atoms with Gasteiger partial charge in [-0.15, -0.1) is 0 Å². The smallest absolute Gasteiger partial charge is 0.407 e. The zero-order valence-corrected chi connectivity index (χ0v) is 22.1.